The number of benzene rings is 1. The summed E-state index contributed by atoms with van der Waals surface area (Å²) in [6, 6.07) is 8.46. The van der Waals surface area contributed by atoms with Crippen LogP contribution in [0.2, 0.25) is 0 Å². The van der Waals surface area contributed by atoms with Crippen molar-refractivity contribution in [3.8, 4) is 6.07 Å². The van der Waals surface area contributed by atoms with Crippen molar-refractivity contribution in [2.45, 2.75) is 13.3 Å². The fraction of sp³-hybridized carbons (Fsp3) is 0.118. The average molecular weight is 296 g/mol. The Balaban J connectivity index is 3.00. The third-order valence-electron chi connectivity index (χ3n) is 2.77. The first-order chi connectivity index (χ1) is 10.5. The molecular formula is C17H16N2O3. The number of hydrogen-bond donors (Lipinski definition) is 2. The number of rotatable bonds is 6. The summed E-state index contributed by atoms with van der Waals surface area (Å²) in [5.41, 5.74) is 1.63. The number of nitriles is 1. The number of amides is 1. The van der Waals surface area contributed by atoms with Crippen molar-refractivity contribution in [3.05, 3.63) is 71.5 Å². The summed E-state index contributed by atoms with van der Waals surface area (Å²) in [7, 11) is 0. The van der Waals surface area contributed by atoms with E-state index in [4.69, 9.17) is 10.4 Å². The summed E-state index contributed by atoms with van der Waals surface area (Å²) < 4.78 is 0. The zero-order valence-corrected chi connectivity index (χ0v) is 12.2. The highest BCUT2D eigenvalue weighted by atomic mass is 16.4. The standard InChI is InChI=1S/C17H16N2O3/c1-3-14(9-8-12(2)11-18)19-17(22)15-7-5-4-6-13(15)10-16(20)21/h3-9H,1,10H2,2H3,(H,19,22)(H,20,21). The van der Waals surface area contributed by atoms with Gasteiger partial charge >= 0.3 is 5.97 Å². The molecule has 0 heterocycles. The van der Waals surface area contributed by atoms with Crippen molar-refractivity contribution in [1.82, 2.24) is 5.32 Å². The topological polar surface area (TPSA) is 90.2 Å². The van der Waals surface area contributed by atoms with E-state index < -0.39 is 11.9 Å². The minimum Gasteiger partial charge on any atom is -0.481 e. The van der Waals surface area contributed by atoms with Crippen molar-refractivity contribution in [2.24, 2.45) is 0 Å². The number of nitrogens with zero attached hydrogens (tertiary/aromatic N) is 1. The van der Waals surface area contributed by atoms with Gasteiger partial charge in [-0.05, 0) is 36.8 Å². The van der Waals surface area contributed by atoms with Gasteiger partial charge in [-0.25, -0.2) is 0 Å². The quantitative estimate of drug-likeness (QED) is 0.623. The van der Waals surface area contributed by atoms with Gasteiger partial charge in [-0.15, -0.1) is 0 Å². The molecule has 0 fully saturated rings. The number of hydrogen-bond acceptors (Lipinski definition) is 3. The Bertz CT molecular complexity index is 694. The fourth-order valence-electron chi connectivity index (χ4n) is 1.67. The summed E-state index contributed by atoms with van der Waals surface area (Å²) in [6.07, 6.45) is 4.33. The molecule has 5 heteroatoms. The number of carbonyl (C=O) groups excluding carboxylic acids is 1. The predicted molar refractivity (Wildman–Crippen MR) is 82.9 cm³/mol. The van der Waals surface area contributed by atoms with E-state index in [0.717, 1.165) is 0 Å². The van der Waals surface area contributed by atoms with Gasteiger partial charge in [-0.1, -0.05) is 24.8 Å². The number of carbonyl (C=O) groups is 2. The van der Waals surface area contributed by atoms with Crippen LogP contribution in [0.5, 0.6) is 0 Å². The van der Waals surface area contributed by atoms with Crippen LogP contribution in [0, 0.1) is 11.3 Å². The lowest BCUT2D eigenvalue weighted by Gasteiger charge is -2.09. The Kier molecular flexibility index (Phi) is 6.32. The molecule has 0 bridgehead atoms. The van der Waals surface area contributed by atoms with Crippen LogP contribution in [0.4, 0.5) is 0 Å². The van der Waals surface area contributed by atoms with Crippen LogP contribution in [0.25, 0.3) is 0 Å². The highest BCUT2D eigenvalue weighted by Gasteiger charge is 2.13. The lowest BCUT2D eigenvalue weighted by Crippen LogP contribution is -2.23. The third kappa shape index (κ3) is 5.10. The minimum atomic E-state index is -1.01. The van der Waals surface area contributed by atoms with E-state index in [1.807, 2.05) is 6.07 Å². The normalized spacial score (nSPS) is 11.5. The molecule has 1 aromatic rings. The Morgan fingerprint density at radius 3 is 2.64 bits per heavy atom. The molecule has 0 radical (unpaired) electrons. The van der Waals surface area contributed by atoms with Gasteiger partial charge in [-0.2, -0.15) is 5.26 Å². The highest BCUT2D eigenvalue weighted by molar-refractivity contribution is 5.97. The molecule has 0 aliphatic carbocycles. The van der Waals surface area contributed by atoms with E-state index in [1.54, 1.807) is 43.3 Å². The molecule has 22 heavy (non-hydrogen) atoms. The molecule has 0 atom stereocenters. The van der Waals surface area contributed by atoms with E-state index in [2.05, 4.69) is 11.9 Å². The second-order valence-electron chi connectivity index (χ2n) is 4.47. The molecule has 1 aromatic carbocycles. The van der Waals surface area contributed by atoms with Crippen LogP contribution in [0.3, 0.4) is 0 Å². The maximum atomic E-state index is 12.3. The molecule has 0 spiro atoms. The summed E-state index contributed by atoms with van der Waals surface area (Å²) in [4.78, 5) is 23.1. The van der Waals surface area contributed by atoms with Crippen molar-refractivity contribution in [3.63, 3.8) is 0 Å². The molecule has 0 saturated heterocycles. The van der Waals surface area contributed by atoms with E-state index in [-0.39, 0.29) is 6.42 Å². The maximum absolute atomic E-state index is 12.3. The fourth-order valence-corrected chi connectivity index (χ4v) is 1.67. The molecule has 1 rings (SSSR count). The highest BCUT2D eigenvalue weighted by Crippen LogP contribution is 2.10. The van der Waals surface area contributed by atoms with Crippen LogP contribution in [-0.2, 0) is 11.2 Å². The average Bonchev–Trinajstić information content (AvgIpc) is 2.50. The molecule has 0 saturated carbocycles. The molecule has 2 N–H and O–H groups in total. The van der Waals surface area contributed by atoms with Crippen molar-refractivity contribution < 1.29 is 14.7 Å². The van der Waals surface area contributed by atoms with Gasteiger partial charge in [0.05, 0.1) is 12.5 Å². The number of carboxylic acid groups (broad SMARTS) is 1. The Hall–Kier alpha value is -3.13. The molecule has 112 valence electrons. The molecular weight excluding hydrogens is 280 g/mol. The number of aliphatic carboxylic acids is 1. The maximum Gasteiger partial charge on any atom is 0.307 e. The van der Waals surface area contributed by atoms with E-state index in [0.29, 0.717) is 22.4 Å². The lowest BCUT2D eigenvalue weighted by atomic mass is 10.0. The number of nitrogens with one attached hydrogen (secondary N) is 1. The third-order valence-corrected chi connectivity index (χ3v) is 2.77. The van der Waals surface area contributed by atoms with Crippen molar-refractivity contribution in [1.29, 1.82) is 5.26 Å². The molecule has 0 unspecified atom stereocenters. The lowest BCUT2D eigenvalue weighted by molar-refractivity contribution is -0.136. The Labute approximate surface area is 128 Å². The van der Waals surface area contributed by atoms with E-state index in [1.165, 1.54) is 6.08 Å². The second-order valence-corrected chi connectivity index (χ2v) is 4.47. The van der Waals surface area contributed by atoms with Crippen LogP contribution in [-0.4, -0.2) is 17.0 Å². The van der Waals surface area contributed by atoms with Gasteiger partial charge in [0.15, 0.2) is 0 Å². The number of allylic oxidation sites excluding steroid dienone is 4. The second kappa shape index (κ2) is 8.22. The first-order valence-electron chi connectivity index (χ1n) is 6.50. The monoisotopic (exact) mass is 296 g/mol. The summed E-state index contributed by atoms with van der Waals surface area (Å²) >= 11 is 0. The van der Waals surface area contributed by atoms with Gasteiger partial charge in [0.1, 0.15) is 0 Å². The zero-order valence-electron chi connectivity index (χ0n) is 12.2. The van der Waals surface area contributed by atoms with Crippen molar-refractivity contribution in [2.75, 3.05) is 0 Å². The van der Waals surface area contributed by atoms with E-state index >= 15 is 0 Å². The van der Waals surface area contributed by atoms with Gasteiger partial charge in [-0.3, -0.25) is 9.59 Å². The molecule has 0 aliphatic rings. The number of carboxylic acids is 1. The van der Waals surface area contributed by atoms with Gasteiger partial charge < -0.3 is 10.4 Å². The van der Waals surface area contributed by atoms with Gasteiger partial charge in [0, 0.05) is 16.8 Å². The predicted octanol–water partition coefficient (Wildman–Crippen LogP) is 2.58. The van der Waals surface area contributed by atoms with Crippen LogP contribution >= 0.6 is 0 Å². The Morgan fingerprint density at radius 2 is 2.05 bits per heavy atom. The Morgan fingerprint density at radius 1 is 1.36 bits per heavy atom. The summed E-state index contributed by atoms with van der Waals surface area (Å²) in [6.45, 7) is 5.23. The van der Waals surface area contributed by atoms with Crippen LogP contribution < -0.4 is 5.32 Å². The van der Waals surface area contributed by atoms with Gasteiger partial charge in [0.2, 0.25) is 0 Å². The summed E-state index contributed by atoms with van der Waals surface area (Å²) in [5.74, 6) is -1.43. The van der Waals surface area contributed by atoms with Crippen LogP contribution in [0.1, 0.15) is 22.8 Å². The summed E-state index contributed by atoms with van der Waals surface area (Å²) in [5, 5.41) is 20.2. The minimum absolute atomic E-state index is 0.232. The largest absolute Gasteiger partial charge is 0.481 e. The molecule has 0 aromatic heterocycles. The first-order valence-corrected chi connectivity index (χ1v) is 6.50. The van der Waals surface area contributed by atoms with Gasteiger partial charge in [0.25, 0.3) is 5.91 Å². The van der Waals surface area contributed by atoms with Crippen LogP contribution in [0.15, 0.2) is 60.3 Å². The van der Waals surface area contributed by atoms with E-state index in [9.17, 15) is 9.59 Å². The molecule has 1 amide bonds. The smallest absolute Gasteiger partial charge is 0.307 e. The van der Waals surface area contributed by atoms with Crippen molar-refractivity contribution >= 4 is 11.9 Å². The zero-order chi connectivity index (χ0) is 16.5. The first kappa shape index (κ1) is 16.9. The molecule has 0 aliphatic heterocycles. The SMILES string of the molecule is C=CC(=CC=C(C)C#N)NC(=O)c1ccccc1CC(=O)O. The molecule has 5 nitrogen and oxygen atoms in total.